The Kier molecular flexibility index (Phi) is 3.55. The van der Waals surface area contributed by atoms with Crippen molar-refractivity contribution >= 4 is 17.6 Å². The van der Waals surface area contributed by atoms with Crippen LogP contribution in [-0.4, -0.2) is 26.1 Å². The number of nitrogens with zero attached hydrogens (tertiary/aromatic N) is 1. The lowest BCUT2D eigenvalue weighted by Gasteiger charge is -2.18. The van der Waals surface area contributed by atoms with Crippen molar-refractivity contribution in [3.63, 3.8) is 0 Å². The molecule has 2 rings (SSSR count). The maximum Gasteiger partial charge on any atom is 0.336 e. The van der Waals surface area contributed by atoms with E-state index in [-0.39, 0.29) is 12.3 Å². The van der Waals surface area contributed by atoms with Crippen molar-refractivity contribution < 1.29 is 19.1 Å². The average Bonchev–Trinajstić information content (AvgIpc) is 2.73. The van der Waals surface area contributed by atoms with Gasteiger partial charge in [-0.2, -0.15) is 0 Å². The van der Waals surface area contributed by atoms with E-state index in [0.717, 1.165) is 0 Å². The van der Waals surface area contributed by atoms with Crippen molar-refractivity contribution in [3.05, 3.63) is 35.5 Å². The summed E-state index contributed by atoms with van der Waals surface area (Å²) in [4.78, 5) is 25.1. The molecule has 0 N–H and O–H groups in total. The molecule has 1 aliphatic rings. The molecule has 1 aromatic rings. The second kappa shape index (κ2) is 5.14. The SMILES string of the molecule is COC(=O)C1=C(C)N(c2ccc(OC)cc2)C(=O)C1. The van der Waals surface area contributed by atoms with Gasteiger partial charge in [0.1, 0.15) is 5.75 Å². The zero-order chi connectivity index (χ0) is 14.0. The number of hydrogen-bond acceptors (Lipinski definition) is 4. The number of rotatable bonds is 3. The Balaban J connectivity index is 2.35. The van der Waals surface area contributed by atoms with Gasteiger partial charge in [-0.1, -0.05) is 0 Å². The lowest BCUT2D eigenvalue weighted by atomic mass is 10.2. The number of amides is 1. The van der Waals surface area contributed by atoms with E-state index in [0.29, 0.717) is 22.7 Å². The number of anilines is 1. The van der Waals surface area contributed by atoms with Crippen molar-refractivity contribution in [2.75, 3.05) is 19.1 Å². The maximum atomic E-state index is 12.0. The van der Waals surface area contributed by atoms with Crippen LogP contribution in [0.3, 0.4) is 0 Å². The van der Waals surface area contributed by atoms with E-state index in [1.54, 1.807) is 38.3 Å². The quantitative estimate of drug-likeness (QED) is 0.779. The van der Waals surface area contributed by atoms with Gasteiger partial charge in [0.2, 0.25) is 5.91 Å². The summed E-state index contributed by atoms with van der Waals surface area (Å²) in [6.07, 6.45) is 0.0739. The van der Waals surface area contributed by atoms with Crippen LogP contribution in [0.1, 0.15) is 13.3 Å². The van der Waals surface area contributed by atoms with Crippen molar-refractivity contribution in [2.24, 2.45) is 0 Å². The predicted octanol–water partition coefficient (Wildman–Crippen LogP) is 1.88. The first kappa shape index (κ1) is 13.1. The van der Waals surface area contributed by atoms with Gasteiger partial charge in [-0.15, -0.1) is 0 Å². The highest BCUT2D eigenvalue weighted by atomic mass is 16.5. The standard InChI is InChI=1S/C14H15NO4/c1-9-12(14(17)19-3)8-13(16)15(9)10-4-6-11(18-2)7-5-10/h4-7H,8H2,1-3H3. The lowest BCUT2D eigenvalue weighted by Crippen LogP contribution is -2.23. The van der Waals surface area contributed by atoms with Gasteiger partial charge in [-0.3, -0.25) is 9.69 Å². The highest BCUT2D eigenvalue weighted by Crippen LogP contribution is 2.31. The molecular formula is C14H15NO4. The molecule has 0 saturated heterocycles. The number of allylic oxidation sites excluding steroid dienone is 1. The van der Waals surface area contributed by atoms with Gasteiger partial charge in [-0.05, 0) is 31.2 Å². The Morgan fingerprint density at radius 2 is 1.84 bits per heavy atom. The molecule has 0 fully saturated rings. The summed E-state index contributed by atoms with van der Waals surface area (Å²) < 4.78 is 9.75. The van der Waals surface area contributed by atoms with Gasteiger partial charge in [0.05, 0.1) is 26.2 Å². The van der Waals surface area contributed by atoms with Gasteiger partial charge in [0.25, 0.3) is 0 Å². The second-order valence-corrected chi connectivity index (χ2v) is 4.16. The molecule has 1 amide bonds. The van der Waals surface area contributed by atoms with Crippen molar-refractivity contribution in [1.29, 1.82) is 0 Å². The van der Waals surface area contributed by atoms with Crippen LogP contribution >= 0.6 is 0 Å². The molecule has 0 atom stereocenters. The average molecular weight is 261 g/mol. The zero-order valence-electron chi connectivity index (χ0n) is 11.1. The highest BCUT2D eigenvalue weighted by molar-refractivity contribution is 6.09. The third kappa shape index (κ3) is 2.31. The number of hydrogen-bond donors (Lipinski definition) is 0. The number of benzene rings is 1. The summed E-state index contributed by atoms with van der Waals surface area (Å²) in [6.45, 7) is 1.74. The van der Waals surface area contributed by atoms with Crippen molar-refractivity contribution in [2.45, 2.75) is 13.3 Å². The molecule has 1 aromatic carbocycles. The third-order valence-corrected chi connectivity index (χ3v) is 3.11. The smallest absolute Gasteiger partial charge is 0.336 e. The van der Waals surface area contributed by atoms with Crippen molar-refractivity contribution in [1.82, 2.24) is 0 Å². The van der Waals surface area contributed by atoms with Crippen LogP contribution in [0.4, 0.5) is 5.69 Å². The maximum absolute atomic E-state index is 12.0. The first-order valence-corrected chi connectivity index (χ1v) is 5.83. The van der Waals surface area contributed by atoms with Crippen LogP contribution in [-0.2, 0) is 14.3 Å². The zero-order valence-corrected chi connectivity index (χ0v) is 11.1. The summed E-state index contributed by atoms with van der Waals surface area (Å²) in [5.41, 5.74) is 1.73. The normalized spacial score (nSPS) is 14.9. The third-order valence-electron chi connectivity index (χ3n) is 3.11. The molecule has 5 heteroatoms. The van der Waals surface area contributed by atoms with Gasteiger partial charge in [0.15, 0.2) is 0 Å². The summed E-state index contributed by atoms with van der Waals surface area (Å²) in [6, 6.07) is 7.10. The fraction of sp³-hybridized carbons (Fsp3) is 0.286. The fourth-order valence-electron chi connectivity index (χ4n) is 2.09. The minimum atomic E-state index is -0.457. The fourth-order valence-corrected chi connectivity index (χ4v) is 2.09. The largest absolute Gasteiger partial charge is 0.497 e. The number of esters is 1. The van der Waals surface area contributed by atoms with Gasteiger partial charge in [0, 0.05) is 11.4 Å². The molecule has 0 unspecified atom stereocenters. The molecule has 0 radical (unpaired) electrons. The van der Waals surface area contributed by atoms with Gasteiger partial charge < -0.3 is 9.47 Å². The molecule has 1 heterocycles. The minimum absolute atomic E-state index is 0.0739. The summed E-state index contributed by atoms with van der Waals surface area (Å²) in [5.74, 6) is 0.121. The molecule has 19 heavy (non-hydrogen) atoms. The van der Waals surface area contributed by atoms with E-state index in [9.17, 15) is 9.59 Å². The first-order valence-electron chi connectivity index (χ1n) is 5.83. The van der Waals surface area contributed by atoms with E-state index < -0.39 is 5.97 Å². The van der Waals surface area contributed by atoms with Crippen molar-refractivity contribution in [3.8, 4) is 5.75 Å². The topological polar surface area (TPSA) is 55.8 Å². The molecule has 5 nitrogen and oxygen atoms in total. The summed E-state index contributed by atoms with van der Waals surface area (Å²) in [7, 11) is 2.89. The Morgan fingerprint density at radius 3 is 2.37 bits per heavy atom. The molecule has 0 aromatic heterocycles. The van der Waals surface area contributed by atoms with Crippen LogP contribution in [0.15, 0.2) is 35.5 Å². The van der Waals surface area contributed by atoms with Crippen LogP contribution in [0.5, 0.6) is 5.75 Å². The number of ether oxygens (including phenoxy) is 2. The minimum Gasteiger partial charge on any atom is -0.497 e. The molecule has 0 saturated carbocycles. The molecule has 100 valence electrons. The van der Waals surface area contributed by atoms with E-state index in [4.69, 9.17) is 4.74 Å². The number of carbonyl (C=O) groups excluding carboxylic acids is 2. The Hall–Kier alpha value is -2.30. The van der Waals surface area contributed by atoms with E-state index in [1.807, 2.05) is 0 Å². The Bertz CT molecular complexity index is 545. The van der Waals surface area contributed by atoms with E-state index >= 15 is 0 Å². The molecule has 1 aliphatic heterocycles. The molecule has 0 aliphatic carbocycles. The number of carbonyl (C=O) groups is 2. The number of methoxy groups -OCH3 is 2. The lowest BCUT2D eigenvalue weighted by molar-refractivity contribution is -0.136. The highest BCUT2D eigenvalue weighted by Gasteiger charge is 2.32. The van der Waals surface area contributed by atoms with Crippen LogP contribution in [0.25, 0.3) is 0 Å². The summed E-state index contributed by atoms with van der Waals surface area (Å²) in [5, 5.41) is 0. The monoisotopic (exact) mass is 261 g/mol. The van der Waals surface area contributed by atoms with Gasteiger partial charge >= 0.3 is 5.97 Å². The van der Waals surface area contributed by atoms with Crippen LogP contribution < -0.4 is 9.64 Å². The van der Waals surface area contributed by atoms with Crippen LogP contribution in [0.2, 0.25) is 0 Å². The predicted molar refractivity (Wildman–Crippen MR) is 69.8 cm³/mol. The Labute approximate surface area is 111 Å². The van der Waals surface area contributed by atoms with E-state index in [1.165, 1.54) is 12.0 Å². The van der Waals surface area contributed by atoms with Gasteiger partial charge in [-0.25, -0.2) is 4.79 Å². The molecule has 0 spiro atoms. The Morgan fingerprint density at radius 1 is 1.21 bits per heavy atom. The first-order chi connectivity index (χ1) is 9.08. The van der Waals surface area contributed by atoms with E-state index in [2.05, 4.69) is 4.74 Å². The molecular weight excluding hydrogens is 246 g/mol. The molecule has 0 bridgehead atoms. The second-order valence-electron chi connectivity index (χ2n) is 4.16. The van der Waals surface area contributed by atoms with Crippen LogP contribution in [0, 0.1) is 0 Å². The summed E-state index contributed by atoms with van der Waals surface area (Å²) >= 11 is 0.